The van der Waals surface area contributed by atoms with E-state index in [-0.39, 0.29) is 11.2 Å². The molecule has 0 bridgehead atoms. The number of thioether (sulfide) groups is 1. The van der Waals surface area contributed by atoms with Gasteiger partial charge >= 0.3 is 5.97 Å². The van der Waals surface area contributed by atoms with E-state index in [9.17, 15) is 4.79 Å². The van der Waals surface area contributed by atoms with E-state index in [4.69, 9.17) is 4.74 Å². The van der Waals surface area contributed by atoms with Gasteiger partial charge in [0.25, 0.3) is 0 Å². The molecule has 5 heteroatoms. The Hall–Kier alpha value is -0.160. The van der Waals surface area contributed by atoms with E-state index in [1.807, 2.05) is 34.6 Å². The lowest BCUT2D eigenvalue weighted by atomic mass is 9.88. The highest BCUT2D eigenvalue weighted by molar-refractivity contribution is 8.33. The molecule has 0 radical (unpaired) electrons. The lowest BCUT2D eigenvalue weighted by Gasteiger charge is -2.31. The summed E-state index contributed by atoms with van der Waals surface area (Å²) in [6, 6.07) is 0. The molecule has 0 aromatic rings. The monoisotopic (exact) mass is 261 g/mol. The molecule has 16 heavy (non-hydrogen) atoms. The Morgan fingerprint density at radius 2 is 2.00 bits per heavy atom. The van der Waals surface area contributed by atoms with Crippen LogP contribution in [0, 0.1) is 5.41 Å². The van der Waals surface area contributed by atoms with Gasteiger partial charge in [0.15, 0.2) is 0 Å². The summed E-state index contributed by atoms with van der Waals surface area (Å²) in [5, 5.41) is 0.120. The molecule has 1 aliphatic rings. The molecule has 0 aliphatic carbocycles. The Kier molecular flexibility index (Phi) is 4.00. The number of aliphatic imine (C=N–C) groups is 1. The molecule has 3 nitrogen and oxygen atoms in total. The smallest absolute Gasteiger partial charge is 0.313 e. The summed E-state index contributed by atoms with van der Waals surface area (Å²) in [7, 11) is 0. The van der Waals surface area contributed by atoms with Crippen molar-refractivity contribution in [3.8, 4) is 0 Å². The van der Waals surface area contributed by atoms with Crippen LogP contribution in [-0.4, -0.2) is 27.7 Å². The molecule has 1 rings (SSSR count). The Balaban J connectivity index is 2.67. The third-order valence-electron chi connectivity index (χ3n) is 2.37. The van der Waals surface area contributed by atoms with E-state index in [0.717, 1.165) is 4.38 Å². The maximum absolute atomic E-state index is 12.1. The predicted octanol–water partition coefficient (Wildman–Crippen LogP) is 2.76. The molecule has 0 fully saturated rings. The number of carbonyl (C=O) groups is 1. The Morgan fingerprint density at radius 1 is 1.44 bits per heavy atom. The van der Waals surface area contributed by atoms with Gasteiger partial charge in [-0.05, 0) is 34.6 Å². The third-order valence-corrected chi connectivity index (χ3v) is 4.19. The van der Waals surface area contributed by atoms with Gasteiger partial charge in [0.1, 0.15) is 9.98 Å². The molecule has 1 unspecified atom stereocenters. The highest BCUT2D eigenvalue weighted by Crippen LogP contribution is 2.38. The highest BCUT2D eigenvalue weighted by atomic mass is 32.2. The van der Waals surface area contributed by atoms with Gasteiger partial charge in [-0.2, -0.15) is 0 Å². The van der Waals surface area contributed by atoms with E-state index in [0.29, 0.717) is 6.54 Å². The molecule has 1 heterocycles. The van der Waals surface area contributed by atoms with E-state index in [1.165, 1.54) is 0 Å². The van der Waals surface area contributed by atoms with Crippen LogP contribution in [0.25, 0.3) is 0 Å². The van der Waals surface area contributed by atoms with Gasteiger partial charge in [-0.1, -0.05) is 11.8 Å². The second-order valence-electron chi connectivity index (χ2n) is 5.45. The average molecular weight is 261 g/mol. The number of thiol groups is 1. The summed E-state index contributed by atoms with van der Waals surface area (Å²) in [5.41, 5.74) is -0.978. The zero-order valence-corrected chi connectivity index (χ0v) is 12.1. The van der Waals surface area contributed by atoms with Crippen LogP contribution in [0.15, 0.2) is 4.99 Å². The second kappa shape index (κ2) is 4.61. The minimum Gasteiger partial charge on any atom is -0.460 e. The van der Waals surface area contributed by atoms with Gasteiger partial charge in [-0.25, -0.2) is 0 Å². The quantitative estimate of drug-likeness (QED) is 0.613. The molecular formula is C11H19NO2S2. The molecule has 0 aromatic carbocycles. The van der Waals surface area contributed by atoms with Crippen LogP contribution in [-0.2, 0) is 9.53 Å². The summed E-state index contributed by atoms with van der Waals surface area (Å²) in [4.78, 5) is 16.3. The van der Waals surface area contributed by atoms with E-state index >= 15 is 0 Å². The minimum absolute atomic E-state index is 0.120. The van der Waals surface area contributed by atoms with Crippen LogP contribution in [0.4, 0.5) is 0 Å². The number of esters is 1. The minimum atomic E-state index is -0.536. The fourth-order valence-electron chi connectivity index (χ4n) is 1.28. The van der Waals surface area contributed by atoms with Crippen LogP contribution in [0.5, 0.6) is 0 Å². The number of ether oxygens (including phenoxy) is 1. The first-order valence-corrected chi connectivity index (χ1v) is 6.59. The Morgan fingerprint density at radius 3 is 2.38 bits per heavy atom. The average Bonchev–Trinajstić information content (AvgIpc) is 2.48. The van der Waals surface area contributed by atoms with Crippen molar-refractivity contribution in [3.05, 3.63) is 0 Å². The third kappa shape index (κ3) is 3.42. The van der Waals surface area contributed by atoms with E-state index in [2.05, 4.69) is 17.6 Å². The predicted molar refractivity (Wildman–Crippen MR) is 72.3 cm³/mol. The van der Waals surface area contributed by atoms with Crippen molar-refractivity contribution >= 4 is 34.7 Å². The van der Waals surface area contributed by atoms with Gasteiger partial charge in [-0.3, -0.25) is 9.79 Å². The van der Waals surface area contributed by atoms with Crippen molar-refractivity contribution in [3.63, 3.8) is 0 Å². The largest absolute Gasteiger partial charge is 0.460 e. The summed E-state index contributed by atoms with van der Waals surface area (Å²) >= 11 is 5.74. The second-order valence-corrected chi connectivity index (χ2v) is 7.37. The maximum atomic E-state index is 12.1. The number of hydrogen-bond donors (Lipinski definition) is 1. The number of nitrogens with zero attached hydrogens (tertiary/aromatic N) is 1. The SMILES string of the molecule is CC(C)(C)OC(=O)C(C)(C)C1CN=C(S)S1. The van der Waals surface area contributed by atoms with Crippen LogP contribution in [0.1, 0.15) is 34.6 Å². The first-order valence-electron chi connectivity index (χ1n) is 5.26. The fourth-order valence-corrected chi connectivity index (χ4v) is 2.69. The highest BCUT2D eigenvalue weighted by Gasteiger charge is 2.42. The van der Waals surface area contributed by atoms with Crippen LogP contribution in [0.3, 0.4) is 0 Å². The topological polar surface area (TPSA) is 38.7 Å². The summed E-state index contributed by atoms with van der Waals surface area (Å²) in [6.45, 7) is 10.1. The van der Waals surface area contributed by atoms with E-state index in [1.54, 1.807) is 11.8 Å². The van der Waals surface area contributed by atoms with Crippen LogP contribution < -0.4 is 0 Å². The molecular weight excluding hydrogens is 242 g/mol. The first-order chi connectivity index (χ1) is 7.13. The zero-order valence-electron chi connectivity index (χ0n) is 10.4. The number of carbonyl (C=O) groups excluding carboxylic acids is 1. The lowest BCUT2D eigenvalue weighted by Crippen LogP contribution is -2.41. The van der Waals surface area contributed by atoms with Gasteiger partial charge in [0.05, 0.1) is 12.0 Å². The van der Waals surface area contributed by atoms with Gasteiger partial charge in [0.2, 0.25) is 0 Å². The molecule has 0 aromatic heterocycles. The van der Waals surface area contributed by atoms with Crippen molar-refractivity contribution in [1.29, 1.82) is 0 Å². The molecule has 0 spiro atoms. The molecule has 92 valence electrons. The molecule has 0 N–H and O–H groups in total. The standard InChI is InChI=1S/C11H19NO2S2/c1-10(2,3)14-8(13)11(4,5)7-6-12-9(15)16-7/h7H,6H2,1-5H3,(H,12,15). The first kappa shape index (κ1) is 13.9. The van der Waals surface area contributed by atoms with Crippen molar-refractivity contribution in [1.82, 2.24) is 0 Å². The van der Waals surface area contributed by atoms with Crippen LogP contribution >= 0.6 is 24.4 Å². The fraction of sp³-hybridized carbons (Fsp3) is 0.818. The van der Waals surface area contributed by atoms with Crippen molar-refractivity contribution < 1.29 is 9.53 Å². The maximum Gasteiger partial charge on any atom is 0.313 e. The zero-order chi connectivity index (χ0) is 12.6. The number of rotatable bonds is 2. The van der Waals surface area contributed by atoms with Gasteiger partial charge in [-0.15, -0.1) is 12.6 Å². The summed E-state index contributed by atoms with van der Waals surface area (Å²) in [5.74, 6) is -0.171. The summed E-state index contributed by atoms with van der Waals surface area (Å²) < 4.78 is 6.17. The van der Waals surface area contributed by atoms with E-state index < -0.39 is 11.0 Å². The van der Waals surface area contributed by atoms with Crippen molar-refractivity contribution in [2.45, 2.75) is 45.5 Å². The summed E-state index contributed by atoms with van der Waals surface area (Å²) in [6.07, 6.45) is 0. The lowest BCUT2D eigenvalue weighted by molar-refractivity contribution is -0.165. The number of hydrogen-bond acceptors (Lipinski definition) is 4. The normalized spacial score (nSPS) is 21.9. The molecule has 0 saturated heterocycles. The molecule has 0 amide bonds. The van der Waals surface area contributed by atoms with Crippen LogP contribution in [0.2, 0.25) is 0 Å². The Labute approximate surface area is 107 Å². The van der Waals surface area contributed by atoms with Crippen molar-refractivity contribution in [2.75, 3.05) is 6.54 Å². The van der Waals surface area contributed by atoms with Gasteiger partial charge in [0, 0.05) is 5.25 Å². The Bertz CT molecular complexity index is 318. The molecule has 0 saturated carbocycles. The van der Waals surface area contributed by atoms with Crippen molar-refractivity contribution in [2.24, 2.45) is 10.4 Å². The molecule has 1 aliphatic heterocycles. The van der Waals surface area contributed by atoms with Gasteiger partial charge < -0.3 is 4.74 Å². The molecule has 1 atom stereocenters.